The second-order valence-electron chi connectivity index (χ2n) is 5.08. The Balaban J connectivity index is 2.59. The first-order valence-corrected chi connectivity index (χ1v) is 9.82. The van der Waals surface area contributed by atoms with Gasteiger partial charge in [-0.05, 0) is 33.0 Å². The van der Waals surface area contributed by atoms with Crippen LogP contribution in [-0.4, -0.2) is 24.8 Å². The molecular formula is C14H22NO2PS. The quantitative estimate of drug-likeness (QED) is 0.647. The first kappa shape index (κ1) is 16.4. The van der Waals surface area contributed by atoms with E-state index in [0.717, 1.165) is 6.16 Å². The van der Waals surface area contributed by atoms with E-state index in [1.807, 2.05) is 38.7 Å². The van der Waals surface area contributed by atoms with Crippen molar-refractivity contribution in [3.05, 3.63) is 35.9 Å². The van der Waals surface area contributed by atoms with Crippen LogP contribution in [0.1, 0.15) is 26.3 Å². The minimum Gasteiger partial charge on any atom is -0.462 e. The Morgan fingerprint density at radius 1 is 1.32 bits per heavy atom. The molecule has 0 radical (unpaired) electrons. The lowest BCUT2D eigenvalue weighted by atomic mass is 10.2. The Morgan fingerprint density at radius 3 is 2.42 bits per heavy atom. The largest absolute Gasteiger partial charge is 0.462 e. The summed E-state index contributed by atoms with van der Waals surface area (Å²) in [5.41, 5.74) is 1.20. The van der Waals surface area contributed by atoms with Gasteiger partial charge >= 0.3 is 5.97 Å². The van der Waals surface area contributed by atoms with Crippen molar-refractivity contribution in [3.8, 4) is 0 Å². The van der Waals surface area contributed by atoms with Crippen LogP contribution in [0, 0.1) is 0 Å². The molecule has 106 valence electrons. The lowest BCUT2D eigenvalue weighted by Crippen LogP contribution is -2.34. The molecule has 2 atom stereocenters. The van der Waals surface area contributed by atoms with E-state index in [1.165, 1.54) is 5.56 Å². The summed E-state index contributed by atoms with van der Waals surface area (Å²) in [6, 6.07) is 9.75. The summed E-state index contributed by atoms with van der Waals surface area (Å²) in [6.45, 7) is 7.52. The van der Waals surface area contributed by atoms with Crippen molar-refractivity contribution in [2.75, 3.05) is 6.66 Å². The monoisotopic (exact) mass is 299 g/mol. The third-order valence-electron chi connectivity index (χ3n) is 2.50. The van der Waals surface area contributed by atoms with Gasteiger partial charge in [0.05, 0.1) is 6.10 Å². The van der Waals surface area contributed by atoms with E-state index in [0.29, 0.717) is 0 Å². The molecule has 0 saturated carbocycles. The van der Waals surface area contributed by atoms with Crippen molar-refractivity contribution in [2.45, 2.75) is 39.1 Å². The maximum absolute atomic E-state index is 11.8. The molecule has 0 spiro atoms. The number of carbonyl (C=O) groups is 1. The summed E-state index contributed by atoms with van der Waals surface area (Å²) in [5, 5.41) is 3.26. The van der Waals surface area contributed by atoms with Crippen LogP contribution in [-0.2, 0) is 27.5 Å². The van der Waals surface area contributed by atoms with E-state index >= 15 is 0 Å². The van der Waals surface area contributed by atoms with E-state index in [4.69, 9.17) is 16.5 Å². The molecule has 0 aromatic heterocycles. The van der Waals surface area contributed by atoms with Gasteiger partial charge in [0, 0.05) is 12.4 Å². The molecule has 0 amide bonds. The molecule has 0 saturated heterocycles. The van der Waals surface area contributed by atoms with Crippen LogP contribution in [0.15, 0.2) is 30.3 Å². The Morgan fingerprint density at radius 2 is 1.89 bits per heavy atom. The van der Waals surface area contributed by atoms with Crippen LogP contribution < -0.4 is 5.09 Å². The fourth-order valence-electron chi connectivity index (χ4n) is 1.77. The smallest absolute Gasteiger partial charge is 0.323 e. The fourth-order valence-corrected chi connectivity index (χ4v) is 4.62. The summed E-state index contributed by atoms with van der Waals surface area (Å²) >= 11 is 5.63. The van der Waals surface area contributed by atoms with Gasteiger partial charge in [0.15, 0.2) is 0 Å². The SMILES string of the molecule is CC(C)OC(=O)[C@@H](C)N[P@](C)(=S)Cc1ccccc1. The van der Waals surface area contributed by atoms with Crippen molar-refractivity contribution in [1.82, 2.24) is 5.09 Å². The Kier molecular flexibility index (Phi) is 6.18. The van der Waals surface area contributed by atoms with Crippen LogP contribution in [0.4, 0.5) is 0 Å². The maximum Gasteiger partial charge on any atom is 0.323 e. The molecule has 1 aromatic rings. The second-order valence-corrected chi connectivity index (χ2v) is 10.3. The molecule has 0 aliphatic rings. The third-order valence-corrected chi connectivity index (χ3v) is 5.10. The molecule has 0 bridgehead atoms. The second kappa shape index (κ2) is 7.18. The van der Waals surface area contributed by atoms with Gasteiger partial charge in [0.25, 0.3) is 0 Å². The van der Waals surface area contributed by atoms with Crippen LogP contribution in [0.2, 0.25) is 0 Å². The molecular weight excluding hydrogens is 277 g/mol. The zero-order valence-electron chi connectivity index (χ0n) is 11.9. The first-order chi connectivity index (χ1) is 8.80. The first-order valence-electron chi connectivity index (χ1n) is 6.39. The Hall–Kier alpha value is -0.700. The van der Waals surface area contributed by atoms with E-state index in [-0.39, 0.29) is 18.1 Å². The molecule has 0 aliphatic heterocycles. The number of ether oxygens (including phenoxy) is 1. The van der Waals surface area contributed by atoms with Gasteiger partial charge in [0.1, 0.15) is 6.04 Å². The standard InChI is InChI=1S/C14H22NO2PS/c1-11(2)17-14(16)12(3)15-18(4,19)10-13-8-6-5-7-9-13/h5-9,11-12H,10H2,1-4H3,(H,15,19)/t12-,18-/m1/s1. The summed E-state index contributed by atoms with van der Waals surface area (Å²) < 4.78 is 5.18. The summed E-state index contributed by atoms with van der Waals surface area (Å²) in [4.78, 5) is 11.8. The van der Waals surface area contributed by atoms with Crippen molar-refractivity contribution in [2.24, 2.45) is 0 Å². The number of hydrogen-bond acceptors (Lipinski definition) is 3. The lowest BCUT2D eigenvalue weighted by Gasteiger charge is -2.23. The van der Waals surface area contributed by atoms with Gasteiger partial charge in [-0.15, -0.1) is 0 Å². The van der Waals surface area contributed by atoms with Crippen molar-refractivity contribution >= 4 is 24.0 Å². The fraction of sp³-hybridized carbons (Fsp3) is 0.500. The third kappa shape index (κ3) is 6.33. The van der Waals surface area contributed by atoms with Gasteiger partial charge in [-0.3, -0.25) is 9.88 Å². The highest BCUT2D eigenvalue weighted by molar-refractivity contribution is 8.12. The van der Waals surface area contributed by atoms with Crippen molar-refractivity contribution in [1.29, 1.82) is 0 Å². The minimum absolute atomic E-state index is 0.0967. The van der Waals surface area contributed by atoms with E-state index in [9.17, 15) is 4.79 Å². The summed E-state index contributed by atoms with van der Waals surface area (Å²) in [5.74, 6) is -0.237. The van der Waals surface area contributed by atoms with E-state index in [2.05, 4.69) is 17.2 Å². The summed E-state index contributed by atoms with van der Waals surface area (Å²) in [7, 11) is 0. The zero-order valence-corrected chi connectivity index (χ0v) is 13.6. The predicted octanol–water partition coefficient (Wildman–Crippen LogP) is 3.14. The maximum atomic E-state index is 11.8. The van der Waals surface area contributed by atoms with Crippen LogP contribution >= 0.6 is 6.19 Å². The highest BCUT2D eigenvalue weighted by Crippen LogP contribution is 2.41. The van der Waals surface area contributed by atoms with Gasteiger partial charge in [-0.25, -0.2) is 0 Å². The topological polar surface area (TPSA) is 38.3 Å². The minimum atomic E-state index is -1.79. The molecule has 0 heterocycles. The highest BCUT2D eigenvalue weighted by atomic mass is 32.4. The number of hydrogen-bond donors (Lipinski definition) is 1. The van der Waals surface area contributed by atoms with Crippen molar-refractivity contribution < 1.29 is 9.53 Å². The Labute approximate surface area is 120 Å². The van der Waals surface area contributed by atoms with Gasteiger partial charge in [-0.1, -0.05) is 42.1 Å². The molecule has 0 unspecified atom stereocenters. The van der Waals surface area contributed by atoms with Gasteiger partial charge in [-0.2, -0.15) is 0 Å². The predicted molar refractivity (Wildman–Crippen MR) is 84.2 cm³/mol. The molecule has 1 rings (SSSR count). The van der Waals surface area contributed by atoms with Crippen LogP contribution in [0.5, 0.6) is 0 Å². The number of benzene rings is 1. The van der Waals surface area contributed by atoms with Gasteiger partial charge in [0.2, 0.25) is 0 Å². The molecule has 0 fully saturated rings. The Bertz CT molecular complexity index is 462. The lowest BCUT2D eigenvalue weighted by molar-refractivity contribution is -0.148. The molecule has 1 aromatic carbocycles. The number of esters is 1. The normalized spacial score (nSPS) is 15.8. The van der Waals surface area contributed by atoms with E-state index < -0.39 is 6.19 Å². The molecule has 19 heavy (non-hydrogen) atoms. The van der Waals surface area contributed by atoms with Crippen LogP contribution in [0.25, 0.3) is 0 Å². The number of rotatable bonds is 6. The number of nitrogens with one attached hydrogen (secondary N) is 1. The average molecular weight is 299 g/mol. The average Bonchev–Trinajstić information content (AvgIpc) is 2.27. The zero-order chi connectivity index (χ0) is 14.5. The molecule has 3 nitrogen and oxygen atoms in total. The van der Waals surface area contributed by atoms with Crippen LogP contribution in [0.3, 0.4) is 0 Å². The summed E-state index contributed by atoms with van der Waals surface area (Å²) in [6.07, 6.45) is -1.09. The number of carbonyl (C=O) groups excluding carboxylic acids is 1. The van der Waals surface area contributed by atoms with E-state index in [1.54, 1.807) is 6.92 Å². The molecule has 5 heteroatoms. The van der Waals surface area contributed by atoms with Gasteiger partial charge < -0.3 is 4.74 Å². The molecule has 0 aliphatic carbocycles. The van der Waals surface area contributed by atoms with Crippen molar-refractivity contribution in [3.63, 3.8) is 0 Å². The highest BCUT2D eigenvalue weighted by Gasteiger charge is 2.21. The molecule has 1 N–H and O–H groups in total.